The molecular weight excluding hydrogens is 316 g/mol. The molecular formula is C19H20N4O2. The molecule has 6 heteroatoms. The Hall–Kier alpha value is -2.73. The van der Waals surface area contributed by atoms with Gasteiger partial charge >= 0.3 is 6.01 Å². The highest BCUT2D eigenvalue weighted by Gasteiger charge is 2.24. The third kappa shape index (κ3) is 3.85. The van der Waals surface area contributed by atoms with Gasteiger partial charge in [-0.1, -0.05) is 41.6 Å². The molecule has 0 radical (unpaired) electrons. The molecule has 0 bridgehead atoms. The maximum Gasteiger partial charge on any atom is 0.324 e. The summed E-state index contributed by atoms with van der Waals surface area (Å²) in [6.07, 6.45) is 4.00. The van der Waals surface area contributed by atoms with Crippen molar-refractivity contribution in [3.05, 3.63) is 60.4 Å². The van der Waals surface area contributed by atoms with E-state index >= 15 is 0 Å². The average molecular weight is 336 g/mol. The first kappa shape index (κ1) is 15.8. The third-order valence-corrected chi connectivity index (χ3v) is 4.29. The maximum absolute atomic E-state index is 6.02. The SMILES string of the molecule is c1ccc(-c2noc(N3CCC[C@@H](OCc4ccccn4)C3)n2)cc1. The van der Waals surface area contributed by atoms with E-state index in [1.54, 1.807) is 6.20 Å². The molecule has 128 valence electrons. The van der Waals surface area contributed by atoms with E-state index in [0.29, 0.717) is 18.4 Å². The Morgan fingerprint density at radius 3 is 2.84 bits per heavy atom. The van der Waals surface area contributed by atoms with Gasteiger partial charge in [0.05, 0.1) is 18.4 Å². The zero-order chi connectivity index (χ0) is 16.9. The van der Waals surface area contributed by atoms with Crippen molar-refractivity contribution < 1.29 is 9.26 Å². The lowest BCUT2D eigenvalue weighted by Gasteiger charge is -2.31. The van der Waals surface area contributed by atoms with E-state index in [4.69, 9.17) is 9.26 Å². The van der Waals surface area contributed by atoms with Crippen molar-refractivity contribution in [1.82, 2.24) is 15.1 Å². The lowest BCUT2D eigenvalue weighted by molar-refractivity contribution is 0.0288. The van der Waals surface area contributed by atoms with Crippen molar-refractivity contribution >= 4 is 6.01 Å². The predicted octanol–water partition coefficient (Wildman–Crippen LogP) is 3.32. The molecule has 3 aromatic rings. The summed E-state index contributed by atoms with van der Waals surface area (Å²) in [6, 6.07) is 16.3. The van der Waals surface area contributed by atoms with E-state index in [-0.39, 0.29) is 6.10 Å². The Balaban J connectivity index is 1.39. The second-order valence-electron chi connectivity index (χ2n) is 6.11. The summed E-state index contributed by atoms with van der Waals surface area (Å²) in [5.74, 6) is 0.618. The molecule has 0 N–H and O–H groups in total. The van der Waals surface area contributed by atoms with Crippen molar-refractivity contribution in [2.45, 2.75) is 25.6 Å². The van der Waals surface area contributed by atoms with Gasteiger partial charge in [0.1, 0.15) is 0 Å². The van der Waals surface area contributed by atoms with Crippen LogP contribution in [0.15, 0.2) is 59.3 Å². The Labute approximate surface area is 146 Å². The van der Waals surface area contributed by atoms with Gasteiger partial charge in [0, 0.05) is 24.8 Å². The molecule has 2 aromatic heterocycles. The van der Waals surface area contributed by atoms with E-state index in [9.17, 15) is 0 Å². The number of anilines is 1. The summed E-state index contributed by atoms with van der Waals surface area (Å²) < 4.78 is 11.5. The summed E-state index contributed by atoms with van der Waals surface area (Å²) in [6.45, 7) is 2.18. The smallest absolute Gasteiger partial charge is 0.324 e. The summed E-state index contributed by atoms with van der Waals surface area (Å²) >= 11 is 0. The average Bonchev–Trinajstić information content (AvgIpc) is 3.18. The molecule has 1 fully saturated rings. The molecule has 0 unspecified atom stereocenters. The molecule has 0 spiro atoms. The van der Waals surface area contributed by atoms with Gasteiger partial charge < -0.3 is 14.2 Å². The molecule has 0 aliphatic carbocycles. The number of hydrogen-bond donors (Lipinski definition) is 0. The van der Waals surface area contributed by atoms with E-state index in [0.717, 1.165) is 37.2 Å². The minimum Gasteiger partial charge on any atom is -0.370 e. The molecule has 0 saturated carbocycles. The van der Waals surface area contributed by atoms with Crippen molar-refractivity contribution in [1.29, 1.82) is 0 Å². The lowest BCUT2D eigenvalue weighted by atomic mass is 10.1. The Kier molecular flexibility index (Phi) is 4.70. The van der Waals surface area contributed by atoms with Gasteiger partial charge in [0.25, 0.3) is 0 Å². The fraction of sp³-hybridized carbons (Fsp3) is 0.316. The van der Waals surface area contributed by atoms with Crippen LogP contribution in [0.2, 0.25) is 0 Å². The number of rotatable bonds is 5. The fourth-order valence-electron chi connectivity index (χ4n) is 2.98. The monoisotopic (exact) mass is 336 g/mol. The van der Waals surface area contributed by atoms with Crippen molar-refractivity contribution in [3.63, 3.8) is 0 Å². The zero-order valence-corrected chi connectivity index (χ0v) is 13.9. The first-order valence-electron chi connectivity index (χ1n) is 8.54. The molecule has 0 amide bonds. The molecule has 6 nitrogen and oxygen atoms in total. The Morgan fingerprint density at radius 1 is 1.12 bits per heavy atom. The standard InChI is InChI=1S/C19H20N4O2/c1-2-7-15(8-3-1)18-21-19(25-22-18)23-12-6-10-17(13-23)24-14-16-9-4-5-11-20-16/h1-5,7-9,11,17H,6,10,12-14H2/t17-/m1/s1. The largest absolute Gasteiger partial charge is 0.370 e. The van der Waals surface area contributed by atoms with Crippen molar-refractivity contribution in [3.8, 4) is 11.4 Å². The quantitative estimate of drug-likeness (QED) is 0.712. The summed E-state index contributed by atoms with van der Waals surface area (Å²) in [5, 5.41) is 4.10. The molecule has 1 aromatic carbocycles. The first-order valence-corrected chi connectivity index (χ1v) is 8.54. The van der Waals surface area contributed by atoms with Crippen LogP contribution in [-0.4, -0.2) is 34.3 Å². The highest BCUT2D eigenvalue weighted by molar-refractivity contribution is 5.55. The number of benzene rings is 1. The van der Waals surface area contributed by atoms with Crippen LogP contribution in [0.1, 0.15) is 18.5 Å². The fourth-order valence-corrected chi connectivity index (χ4v) is 2.98. The van der Waals surface area contributed by atoms with Crippen LogP contribution in [-0.2, 0) is 11.3 Å². The lowest BCUT2D eigenvalue weighted by Crippen LogP contribution is -2.39. The minimum absolute atomic E-state index is 0.142. The highest BCUT2D eigenvalue weighted by Crippen LogP contribution is 2.23. The van der Waals surface area contributed by atoms with E-state index in [2.05, 4.69) is 20.0 Å². The van der Waals surface area contributed by atoms with E-state index < -0.39 is 0 Å². The summed E-state index contributed by atoms with van der Waals surface area (Å²) in [5.41, 5.74) is 1.90. The molecule has 1 aliphatic rings. The van der Waals surface area contributed by atoms with Gasteiger partial charge in [-0.3, -0.25) is 4.98 Å². The normalized spacial score (nSPS) is 17.6. The van der Waals surface area contributed by atoms with Crippen LogP contribution < -0.4 is 4.90 Å². The second-order valence-corrected chi connectivity index (χ2v) is 6.11. The predicted molar refractivity (Wildman–Crippen MR) is 94.0 cm³/mol. The molecule has 4 rings (SSSR count). The van der Waals surface area contributed by atoms with Gasteiger partial charge in [0.2, 0.25) is 5.82 Å². The molecule has 1 atom stereocenters. The third-order valence-electron chi connectivity index (χ3n) is 4.29. The van der Waals surface area contributed by atoms with E-state index in [1.807, 2.05) is 48.5 Å². The van der Waals surface area contributed by atoms with Crippen LogP contribution >= 0.6 is 0 Å². The second kappa shape index (κ2) is 7.44. The topological polar surface area (TPSA) is 64.3 Å². The van der Waals surface area contributed by atoms with Gasteiger partial charge in [-0.25, -0.2) is 0 Å². The van der Waals surface area contributed by atoms with Crippen LogP contribution in [0.25, 0.3) is 11.4 Å². The Bertz CT molecular complexity index is 791. The van der Waals surface area contributed by atoms with Gasteiger partial charge in [-0.2, -0.15) is 4.98 Å². The van der Waals surface area contributed by atoms with E-state index in [1.165, 1.54) is 0 Å². The highest BCUT2D eigenvalue weighted by atomic mass is 16.5. The minimum atomic E-state index is 0.142. The number of aromatic nitrogens is 3. The van der Waals surface area contributed by atoms with Crippen molar-refractivity contribution in [2.75, 3.05) is 18.0 Å². The van der Waals surface area contributed by atoms with Crippen molar-refractivity contribution in [2.24, 2.45) is 0 Å². The number of hydrogen-bond acceptors (Lipinski definition) is 6. The summed E-state index contributed by atoms with van der Waals surface area (Å²) in [7, 11) is 0. The molecule has 1 saturated heterocycles. The van der Waals surface area contributed by atoms with Gasteiger partial charge in [-0.15, -0.1) is 0 Å². The van der Waals surface area contributed by atoms with Gasteiger partial charge in [-0.05, 0) is 25.0 Å². The zero-order valence-electron chi connectivity index (χ0n) is 13.9. The number of pyridine rings is 1. The molecule has 1 aliphatic heterocycles. The first-order chi connectivity index (χ1) is 12.4. The molecule has 25 heavy (non-hydrogen) atoms. The number of nitrogens with zero attached hydrogens (tertiary/aromatic N) is 4. The molecule has 3 heterocycles. The van der Waals surface area contributed by atoms with Crippen LogP contribution in [0.5, 0.6) is 0 Å². The van der Waals surface area contributed by atoms with Gasteiger partial charge in [0.15, 0.2) is 0 Å². The van der Waals surface area contributed by atoms with Crippen LogP contribution in [0.3, 0.4) is 0 Å². The maximum atomic E-state index is 6.02. The Morgan fingerprint density at radius 2 is 2.00 bits per heavy atom. The number of ether oxygens (including phenoxy) is 1. The number of piperidine rings is 1. The van der Waals surface area contributed by atoms with Crippen LogP contribution in [0.4, 0.5) is 6.01 Å². The van der Waals surface area contributed by atoms with Crippen LogP contribution in [0, 0.1) is 0 Å². The summed E-state index contributed by atoms with van der Waals surface area (Å²) in [4.78, 5) is 10.9.